The zero-order valence-electron chi connectivity index (χ0n) is 16.6. The van der Waals surface area contributed by atoms with Crippen LogP contribution in [0.2, 0.25) is 0 Å². The Labute approximate surface area is 174 Å². The molecule has 152 valence electrons. The Morgan fingerprint density at radius 1 is 1.17 bits per heavy atom. The van der Waals surface area contributed by atoms with Crippen molar-refractivity contribution in [2.45, 2.75) is 24.3 Å². The molecule has 0 saturated carbocycles. The molecule has 1 heterocycles. The van der Waals surface area contributed by atoms with E-state index in [0.717, 1.165) is 10.6 Å². The van der Waals surface area contributed by atoms with E-state index >= 15 is 0 Å². The average molecular weight is 413 g/mol. The van der Waals surface area contributed by atoms with Crippen molar-refractivity contribution >= 4 is 35.1 Å². The van der Waals surface area contributed by atoms with Gasteiger partial charge < -0.3 is 14.4 Å². The zero-order valence-corrected chi connectivity index (χ0v) is 17.4. The van der Waals surface area contributed by atoms with Crippen molar-refractivity contribution in [1.29, 1.82) is 0 Å². The third-order valence-corrected chi connectivity index (χ3v) is 5.59. The summed E-state index contributed by atoms with van der Waals surface area (Å²) in [6.07, 6.45) is 1.11. The molecule has 0 radical (unpaired) electrons. The molecule has 6 nitrogen and oxygen atoms in total. The second-order valence-corrected chi connectivity index (χ2v) is 7.66. The van der Waals surface area contributed by atoms with Crippen LogP contribution in [0, 0.1) is 5.92 Å². The number of amides is 1. The Morgan fingerprint density at radius 2 is 1.90 bits per heavy atom. The molecule has 0 unspecified atom stereocenters. The van der Waals surface area contributed by atoms with Crippen molar-refractivity contribution in [1.82, 2.24) is 0 Å². The zero-order chi connectivity index (χ0) is 21.0. The van der Waals surface area contributed by atoms with Gasteiger partial charge in [-0.3, -0.25) is 14.4 Å². The lowest BCUT2D eigenvalue weighted by Gasteiger charge is -2.18. The van der Waals surface area contributed by atoms with Gasteiger partial charge in [-0.2, -0.15) is 0 Å². The molecule has 2 aromatic rings. The second-order valence-electron chi connectivity index (χ2n) is 6.78. The highest BCUT2D eigenvalue weighted by atomic mass is 32.2. The summed E-state index contributed by atoms with van der Waals surface area (Å²) in [6.45, 7) is 1.79. The predicted octanol–water partition coefficient (Wildman–Crippen LogP) is 3.58. The monoisotopic (exact) mass is 413 g/mol. The van der Waals surface area contributed by atoms with E-state index in [9.17, 15) is 14.4 Å². The van der Waals surface area contributed by atoms with Crippen molar-refractivity contribution in [2.24, 2.45) is 5.92 Å². The molecule has 1 fully saturated rings. The number of hydrogen-bond acceptors (Lipinski definition) is 6. The number of anilines is 1. The Morgan fingerprint density at radius 3 is 2.55 bits per heavy atom. The van der Waals surface area contributed by atoms with Crippen LogP contribution < -0.4 is 9.64 Å². The van der Waals surface area contributed by atoms with Gasteiger partial charge in [0.25, 0.3) is 0 Å². The van der Waals surface area contributed by atoms with Gasteiger partial charge >= 0.3 is 5.97 Å². The molecule has 0 bridgehead atoms. The SMILES string of the molecule is COc1ccc(C(=O)[C@H](C)OC(=O)[C@H]2CC(=O)N(c3cccc(SC)c3)C2)cc1. The minimum absolute atomic E-state index is 0.0752. The molecule has 0 N–H and O–H groups in total. The van der Waals surface area contributed by atoms with Crippen LogP contribution in [0.15, 0.2) is 53.4 Å². The fourth-order valence-corrected chi connectivity index (χ4v) is 3.66. The van der Waals surface area contributed by atoms with Crippen LogP contribution >= 0.6 is 11.8 Å². The molecule has 1 aliphatic heterocycles. The number of methoxy groups -OCH3 is 1. The Kier molecular flexibility index (Phi) is 6.59. The fraction of sp³-hybridized carbons (Fsp3) is 0.318. The Balaban J connectivity index is 1.62. The van der Waals surface area contributed by atoms with Gasteiger partial charge in [-0.1, -0.05) is 6.07 Å². The van der Waals surface area contributed by atoms with E-state index < -0.39 is 18.0 Å². The number of carbonyl (C=O) groups is 3. The van der Waals surface area contributed by atoms with Crippen molar-refractivity contribution in [3.8, 4) is 5.75 Å². The minimum atomic E-state index is -0.931. The van der Waals surface area contributed by atoms with Crippen LogP contribution in [0.1, 0.15) is 23.7 Å². The number of benzene rings is 2. The second kappa shape index (κ2) is 9.13. The van der Waals surface area contributed by atoms with Crippen molar-refractivity contribution < 1.29 is 23.9 Å². The Bertz CT molecular complexity index is 912. The summed E-state index contributed by atoms with van der Waals surface area (Å²) in [7, 11) is 1.55. The highest BCUT2D eigenvalue weighted by molar-refractivity contribution is 7.98. The standard InChI is InChI=1S/C22H23NO5S/c1-14(21(25)15-7-9-18(27-2)10-8-15)28-22(26)16-11-20(24)23(13-16)17-5-4-6-19(12-17)29-3/h4-10,12,14,16H,11,13H2,1-3H3/t14-,16-/m0/s1. The molecule has 2 aromatic carbocycles. The summed E-state index contributed by atoms with van der Waals surface area (Å²) in [5.74, 6) is -0.904. The minimum Gasteiger partial charge on any atom is -0.497 e. The fourth-order valence-electron chi connectivity index (χ4n) is 3.21. The number of rotatable bonds is 7. The molecule has 0 spiro atoms. The molecule has 2 atom stereocenters. The van der Waals surface area contributed by atoms with E-state index in [2.05, 4.69) is 0 Å². The lowest BCUT2D eigenvalue weighted by atomic mass is 10.1. The highest BCUT2D eigenvalue weighted by Crippen LogP contribution is 2.29. The van der Waals surface area contributed by atoms with E-state index in [4.69, 9.17) is 9.47 Å². The number of Topliss-reactive ketones (excluding diaryl/α,β-unsaturated/α-hetero) is 1. The largest absolute Gasteiger partial charge is 0.497 e. The number of thioether (sulfide) groups is 1. The number of ether oxygens (including phenoxy) is 2. The maximum atomic E-state index is 12.6. The van der Waals surface area contributed by atoms with Crippen LogP contribution in [0.25, 0.3) is 0 Å². The van der Waals surface area contributed by atoms with Gasteiger partial charge in [0.15, 0.2) is 6.10 Å². The maximum absolute atomic E-state index is 12.6. The van der Waals surface area contributed by atoms with Gasteiger partial charge in [-0.15, -0.1) is 11.8 Å². The summed E-state index contributed by atoms with van der Waals surface area (Å²) in [5.41, 5.74) is 1.20. The van der Waals surface area contributed by atoms with Crippen molar-refractivity contribution in [3.05, 3.63) is 54.1 Å². The molecule has 3 rings (SSSR count). The third-order valence-electron chi connectivity index (χ3n) is 4.86. The molecule has 1 saturated heterocycles. The van der Waals surface area contributed by atoms with E-state index in [1.165, 1.54) is 0 Å². The van der Waals surface area contributed by atoms with Crippen LogP contribution in [0.3, 0.4) is 0 Å². The first-order chi connectivity index (χ1) is 13.9. The van der Waals surface area contributed by atoms with E-state index in [-0.39, 0.29) is 24.7 Å². The first-order valence-corrected chi connectivity index (χ1v) is 10.5. The van der Waals surface area contributed by atoms with Crippen LogP contribution in [-0.2, 0) is 14.3 Å². The molecular formula is C22H23NO5S. The lowest BCUT2D eigenvalue weighted by molar-refractivity contribution is -0.151. The number of esters is 1. The summed E-state index contributed by atoms with van der Waals surface area (Å²) < 4.78 is 10.5. The molecule has 7 heteroatoms. The van der Waals surface area contributed by atoms with Crippen LogP contribution in [-0.4, -0.2) is 43.7 Å². The van der Waals surface area contributed by atoms with Crippen LogP contribution in [0.4, 0.5) is 5.69 Å². The third kappa shape index (κ3) is 4.79. The number of carbonyl (C=O) groups excluding carboxylic acids is 3. The number of hydrogen-bond donors (Lipinski definition) is 0. The number of nitrogens with zero attached hydrogens (tertiary/aromatic N) is 1. The van der Waals surface area contributed by atoms with Gasteiger partial charge in [0.1, 0.15) is 5.75 Å². The van der Waals surface area contributed by atoms with E-state index in [1.54, 1.807) is 55.0 Å². The normalized spacial score (nSPS) is 17.1. The van der Waals surface area contributed by atoms with E-state index in [1.807, 2.05) is 30.5 Å². The smallest absolute Gasteiger partial charge is 0.312 e. The van der Waals surface area contributed by atoms with Gasteiger partial charge in [0.05, 0.1) is 13.0 Å². The van der Waals surface area contributed by atoms with Crippen LogP contribution in [0.5, 0.6) is 5.75 Å². The lowest BCUT2D eigenvalue weighted by Crippen LogP contribution is -2.30. The molecule has 1 aliphatic rings. The summed E-state index contributed by atoms with van der Waals surface area (Å²) >= 11 is 1.59. The quantitative estimate of drug-likeness (QED) is 0.392. The number of ketones is 1. The van der Waals surface area contributed by atoms with E-state index in [0.29, 0.717) is 11.3 Å². The van der Waals surface area contributed by atoms with Gasteiger partial charge in [0, 0.05) is 29.1 Å². The molecule has 1 amide bonds. The molecular weight excluding hydrogens is 390 g/mol. The first-order valence-electron chi connectivity index (χ1n) is 9.26. The van der Waals surface area contributed by atoms with Gasteiger partial charge in [0.2, 0.25) is 11.7 Å². The summed E-state index contributed by atoms with van der Waals surface area (Å²) in [4.78, 5) is 40.1. The Hall–Kier alpha value is -2.80. The van der Waals surface area contributed by atoms with Gasteiger partial charge in [-0.25, -0.2) is 0 Å². The summed E-state index contributed by atoms with van der Waals surface area (Å²) in [5, 5.41) is 0. The average Bonchev–Trinajstić information content (AvgIpc) is 3.15. The predicted molar refractivity (Wildman–Crippen MR) is 112 cm³/mol. The van der Waals surface area contributed by atoms with Crippen molar-refractivity contribution in [3.63, 3.8) is 0 Å². The first kappa shape index (κ1) is 20.9. The topological polar surface area (TPSA) is 72.9 Å². The molecule has 29 heavy (non-hydrogen) atoms. The molecule has 0 aliphatic carbocycles. The summed E-state index contributed by atoms with van der Waals surface area (Å²) in [6, 6.07) is 14.2. The van der Waals surface area contributed by atoms with Crippen molar-refractivity contribution in [2.75, 3.05) is 24.8 Å². The highest BCUT2D eigenvalue weighted by Gasteiger charge is 2.37. The maximum Gasteiger partial charge on any atom is 0.312 e. The van der Waals surface area contributed by atoms with Gasteiger partial charge in [-0.05, 0) is 55.6 Å². The molecule has 0 aromatic heterocycles.